The zero-order valence-corrected chi connectivity index (χ0v) is 14.8. The van der Waals surface area contributed by atoms with Crippen LogP contribution in [0.3, 0.4) is 0 Å². The summed E-state index contributed by atoms with van der Waals surface area (Å²) in [5.74, 6) is 0.0948. The van der Waals surface area contributed by atoms with Crippen molar-refractivity contribution >= 4 is 46.9 Å². The van der Waals surface area contributed by atoms with Gasteiger partial charge in [-0.2, -0.15) is 0 Å². The smallest absolute Gasteiger partial charge is 0.333 e. The van der Waals surface area contributed by atoms with Gasteiger partial charge in [0.15, 0.2) is 0 Å². The average Bonchev–Trinajstić information content (AvgIpc) is 2.84. The number of carbonyl (C=O) groups is 2. The first-order valence-electron chi connectivity index (χ1n) is 7.54. The molecule has 1 aliphatic rings. The summed E-state index contributed by atoms with van der Waals surface area (Å²) in [5, 5.41) is 3.50. The van der Waals surface area contributed by atoms with E-state index in [1.165, 1.54) is 0 Å². The number of ether oxygens (including phenoxy) is 1. The van der Waals surface area contributed by atoms with Gasteiger partial charge < -0.3 is 10.1 Å². The minimum Gasteiger partial charge on any atom is -0.493 e. The minimum absolute atomic E-state index is 0.133. The Hall–Kier alpha value is -2.50. The van der Waals surface area contributed by atoms with Gasteiger partial charge in [-0.3, -0.25) is 4.79 Å². The molecule has 1 saturated heterocycles. The lowest BCUT2D eigenvalue weighted by Gasteiger charge is -2.11. The van der Waals surface area contributed by atoms with Gasteiger partial charge in [-0.05, 0) is 49.4 Å². The molecule has 1 N–H and O–H groups in total. The van der Waals surface area contributed by atoms with Crippen molar-refractivity contribution in [3.63, 3.8) is 0 Å². The number of hydrogen-bond donors (Lipinski definition) is 1. The molecule has 5 nitrogen and oxygen atoms in total. The van der Waals surface area contributed by atoms with Gasteiger partial charge in [-0.1, -0.05) is 29.3 Å². The molecule has 0 aliphatic carbocycles. The molecule has 0 unspecified atom stereocenters. The van der Waals surface area contributed by atoms with Crippen molar-refractivity contribution in [2.24, 2.45) is 0 Å². The van der Waals surface area contributed by atoms with Crippen LogP contribution in [0.25, 0.3) is 6.08 Å². The van der Waals surface area contributed by atoms with Gasteiger partial charge in [0.25, 0.3) is 5.91 Å². The van der Waals surface area contributed by atoms with Gasteiger partial charge in [0, 0.05) is 15.6 Å². The molecule has 0 aromatic heterocycles. The maximum Gasteiger partial charge on any atom is 0.333 e. The standard InChI is InChI=1S/C18H14Cl2N2O3/c1-2-25-16-7-6-13(20)8-11(16)9-15-17(23)22(18(24)21-15)14-5-3-4-12(19)10-14/h3-10H,2H2,1H3,(H,21,24)/b15-9-. The lowest BCUT2D eigenvalue weighted by Crippen LogP contribution is -2.30. The zero-order chi connectivity index (χ0) is 18.0. The summed E-state index contributed by atoms with van der Waals surface area (Å²) < 4.78 is 5.53. The topological polar surface area (TPSA) is 58.6 Å². The van der Waals surface area contributed by atoms with Gasteiger partial charge in [0.05, 0.1) is 12.3 Å². The van der Waals surface area contributed by atoms with Crippen molar-refractivity contribution in [2.45, 2.75) is 6.92 Å². The van der Waals surface area contributed by atoms with Gasteiger partial charge >= 0.3 is 6.03 Å². The predicted octanol–water partition coefficient (Wildman–Crippen LogP) is 4.49. The summed E-state index contributed by atoms with van der Waals surface area (Å²) in [6.45, 7) is 2.32. The number of hydrogen-bond acceptors (Lipinski definition) is 3. The Labute approximate surface area is 154 Å². The minimum atomic E-state index is -0.543. The molecule has 128 valence electrons. The molecule has 2 aromatic rings. The molecule has 2 aromatic carbocycles. The van der Waals surface area contributed by atoms with Crippen LogP contribution < -0.4 is 15.0 Å². The summed E-state index contributed by atoms with van der Waals surface area (Å²) in [7, 11) is 0. The van der Waals surface area contributed by atoms with E-state index in [1.807, 2.05) is 6.92 Å². The summed E-state index contributed by atoms with van der Waals surface area (Å²) in [6, 6.07) is 11.1. The van der Waals surface area contributed by atoms with E-state index in [9.17, 15) is 9.59 Å². The molecule has 0 radical (unpaired) electrons. The number of carbonyl (C=O) groups excluding carboxylic acids is 2. The van der Waals surface area contributed by atoms with Crippen LogP contribution in [-0.4, -0.2) is 18.5 Å². The number of amides is 3. The molecule has 25 heavy (non-hydrogen) atoms. The normalized spacial score (nSPS) is 15.6. The molecule has 1 fully saturated rings. The first-order chi connectivity index (χ1) is 12.0. The van der Waals surface area contributed by atoms with Crippen molar-refractivity contribution in [1.82, 2.24) is 5.32 Å². The van der Waals surface area contributed by atoms with Crippen LogP contribution in [0, 0.1) is 0 Å². The predicted molar refractivity (Wildman–Crippen MR) is 98.1 cm³/mol. The lowest BCUT2D eigenvalue weighted by molar-refractivity contribution is -0.113. The Morgan fingerprint density at radius 2 is 1.88 bits per heavy atom. The van der Waals surface area contributed by atoms with Crippen molar-refractivity contribution in [1.29, 1.82) is 0 Å². The molecular weight excluding hydrogens is 363 g/mol. The van der Waals surface area contributed by atoms with E-state index in [1.54, 1.807) is 48.5 Å². The molecular formula is C18H14Cl2N2O3. The molecule has 1 heterocycles. The SMILES string of the molecule is CCOc1ccc(Cl)cc1/C=C1\NC(=O)N(c2cccc(Cl)c2)C1=O. The largest absolute Gasteiger partial charge is 0.493 e. The number of benzene rings is 2. The quantitative estimate of drug-likeness (QED) is 0.631. The fraction of sp³-hybridized carbons (Fsp3) is 0.111. The molecule has 0 bridgehead atoms. The third-order valence-corrected chi connectivity index (χ3v) is 3.99. The van der Waals surface area contributed by atoms with E-state index in [-0.39, 0.29) is 5.70 Å². The Morgan fingerprint density at radius 3 is 2.60 bits per heavy atom. The number of anilines is 1. The van der Waals surface area contributed by atoms with Crippen LogP contribution >= 0.6 is 23.2 Å². The van der Waals surface area contributed by atoms with Crippen molar-refractivity contribution in [3.8, 4) is 5.75 Å². The van der Waals surface area contributed by atoms with Crippen LogP contribution in [0.4, 0.5) is 10.5 Å². The number of halogens is 2. The van der Waals surface area contributed by atoms with Crippen LogP contribution in [0.15, 0.2) is 48.2 Å². The highest BCUT2D eigenvalue weighted by Gasteiger charge is 2.35. The second kappa shape index (κ2) is 7.17. The highest BCUT2D eigenvalue weighted by atomic mass is 35.5. The van der Waals surface area contributed by atoms with E-state index in [0.717, 1.165) is 4.90 Å². The molecule has 0 atom stereocenters. The van der Waals surface area contributed by atoms with Gasteiger partial charge in [-0.15, -0.1) is 0 Å². The van der Waals surface area contributed by atoms with E-state index in [4.69, 9.17) is 27.9 Å². The Balaban J connectivity index is 1.97. The van der Waals surface area contributed by atoms with Crippen LogP contribution in [0.2, 0.25) is 10.0 Å². The first-order valence-corrected chi connectivity index (χ1v) is 8.30. The second-order valence-corrected chi connectivity index (χ2v) is 6.10. The van der Waals surface area contributed by atoms with Crippen LogP contribution in [-0.2, 0) is 4.79 Å². The molecule has 3 amide bonds. The van der Waals surface area contributed by atoms with Crippen molar-refractivity contribution < 1.29 is 14.3 Å². The van der Waals surface area contributed by atoms with Gasteiger partial charge in [-0.25, -0.2) is 9.69 Å². The fourth-order valence-electron chi connectivity index (χ4n) is 2.46. The molecule has 0 saturated carbocycles. The molecule has 7 heteroatoms. The number of urea groups is 1. The molecule has 3 rings (SSSR count). The number of nitrogens with one attached hydrogen (secondary N) is 1. The molecule has 1 aliphatic heterocycles. The Bertz CT molecular complexity index is 880. The summed E-state index contributed by atoms with van der Waals surface area (Å²) >= 11 is 12.0. The average molecular weight is 377 g/mol. The Morgan fingerprint density at radius 1 is 1.12 bits per heavy atom. The van der Waals surface area contributed by atoms with Crippen molar-refractivity contribution in [3.05, 3.63) is 63.8 Å². The highest BCUT2D eigenvalue weighted by molar-refractivity contribution is 6.32. The zero-order valence-electron chi connectivity index (χ0n) is 13.3. The van der Waals surface area contributed by atoms with Gasteiger partial charge in [0.1, 0.15) is 11.4 Å². The van der Waals surface area contributed by atoms with E-state index < -0.39 is 11.9 Å². The third kappa shape index (κ3) is 3.62. The number of rotatable bonds is 4. The fourth-order valence-corrected chi connectivity index (χ4v) is 2.82. The van der Waals surface area contributed by atoms with E-state index in [2.05, 4.69) is 5.32 Å². The third-order valence-electron chi connectivity index (χ3n) is 3.52. The van der Waals surface area contributed by atoms with Crippen LogP contribution in [0.1, 0.15) is 12.5 Å². The lowest BCUT2D eigenvalue weighted by atomic mass is 10.1. The van der Waals surface area contributed by atoms with Gasteiger partial charge in [0.2, 0.25) is 0 Å². The van der Waals surface area contributed by atoms with Crippen molar-refractivity contribution in [2.75, 3.05) is 11.5 Å². The summed E-state index contributed by atoms with van der Waals surface area (Å²) in [6.07, 6.45) is 1.54. The number of imide groups is 1. The molecule has 0 spiro atoms. The van der Waals surface area contributed by atoms with E-state index in [0.29, 0.717) is 33.7 Å². The summed E-state index contributed by atoms with van der Waals surface area (Å²) in [5.41, 5.74) is 1.13. The Kier molecular flexibility index (Phi) is 4.97. The maximum atomic E-state index is 12.6. The number of nitrogens with zero attached hydrogens (tertiary/aromatic N) is 1. The maximum absolute atomic E-state index is 12.6. The van der Waals surface area contributed by atoms with Crippen LogP contribution in [0.5, 0.6) is 5.75 Å². The monoisotopic (exact) mass is 376 g/mol. The first kappa shape index (κ1) is 17.3. The summed E-state index contributed by atoms with van der Waals surface area (Å²) in [4.78, 5) is 25.9. The second-order valence-electron chi connectivity index (χ2n) is 5.22. The van der Waals surface area contributed by atoms with E-state index >= 15 is 0 Å². The highest BCUT2D eigenvalue weighted by Crippen LogP contribution is 2.28.